The van der Waals surface area contributed by atoms with Crippen molar-refractivity contribution in [2.75, 3.05) is 6.61 Å². The molecule has 0 rings (SSSR count). The lowest BCUT2D eigenvalue weighted by molar-refractivity contribution is -0.148. The Morgan fingerprint density at radius 2 is 1.56 bits per heavy atom. The Morgan fingerprint density at radius 1 is 1.06 bits per heavy atom. The van der Waals surface area contributed by atoms with Gasteiger partial charge < -0.3 is 4.74 Å². The molecular formula is C14H28O2. The SMILES string of the molecule is CCCCC(CCCC)COC(=O)C(C)C. The molecule has 0 aliphatic carbocycles. The Morgan fingerprint density at radius 3 is 1.94 bits per heavy atom. The number of hydrogen-bond acceptors (Lipinski definition) is 2. The van der Waals surface area contributed by atoms with E-state index in [2.05, 4.69) is 13.8 Å². The van der Waals surface area contributed by atoms with Crippen LogP contribution in [0.2, 0.25) is 0 Å². The van der Waals surface area contributed by atoms with Crippen LogP contribution in [-0.2, 0) is 9.53 Å². The van der Waals surface area contributed by atoms with Crippen LogP contribution < -0.4 is 0 Å². The summed E-state index contributed by atoms with van der Waals surface area (Å²) in [5, 5.41) is 0. The van der Waals surface area contributed by atoms with Crippen LogP contribution in [0, 0.1) is 11.8 Å². The van der Waals surface area contributed by atoms with E-state index in [1.807, 2.05) is 13.8 Å². The van der Waals surface area contributed by atoms with E-state index in [1.165, 1.54) is 38.5 Å². The van der Waals surface area contributed by atoms with Gasteiger partial charge in [0.15, 0.2) is 0 Å². The van der Waals surface area contributed by atoms with Gasteiger partial charge in [0.25, 0.3) is 0 Å². The van der Waals surface area contributed by atoms with Gasteiger partial charge in [0.05, 0.1) is 12.5 Å². The highest BCUT2D eigenvalue weighted by Crippen LogP contribution is 2.17. The summed E-state index contributed by atoms with van der Waals surface area (Å²) in [6, 6.07) is 0. The number of esters is 1. The number of carbonyl (C=O) groups is 1. The van der Waals surface area contributed by atoms with Crippen molar-refractivity contribution in [1.82, 2.24) is 0 Å². The summed E-state index contributed by atoms with van der Waals surface area (Å²) < 4.78 is 5.32. The molecule has 0 aromatic carbocycles. The average Bonchev–Trinajstić information content (AvgIpc) is 2.27. The first-order valence-electron chi connectivity index (χ1n) is 6.78. The molecule has 0 atom stereocenters. The van der Waals surface area contributed by atoms with Crippen LogP contribution in [0.4, 0.5) is 0 Å². The molecule has 0 saturated heterocycles. The first-order valence-corrected chi connectivity index (χ1v) is 6.78. The highest BCUT2D eigenvalue weighted by atomic mass is 16.5. The summed E-state index contributed by atoms with van der Waals surface area (Å²) >= 11 is 0. The highest BCUT2D eigenvalue weighted by Gasteiger charge is 2.13. The van der Waals surface area contributed by atoms with Gasteiger partial charge in [-0.05, 0) is 18.8 Å². The minimum atomic E-state index is -0.0574. The molecule has 16 heavy (non-hydrogen) atoms. The van der Waals surface area contributed by atoms with Crippen LogP contribution >= 0.6 is 0 Å². The molecule has 0 aromatic heterocycles. The summed E-state index contributed by atoms with van der Waals surface area (Å²) in [7, 11) is 0. The fourth-order valence-electron chi connectivity index (χ4n) is 1.66. The standard InChI is InChI=1S/C14H28O2/c1-5-7-9-13(10-8-6-2)11-16-14(15)12(3)4/h12-13H,5-11H2,1-4H3. The molecule has 0 unspecified atom stereocenters. The van der Waals surface area contributed by atoms with Crippen molar-refractivity contribution < 1.29 is 9.53 Å². The van der Waals surface area contributed by atoms with Gasteiger partial charge in [-0.15, -0.1) is 0 Å². The Labute approximate surface area is 101 Å². The van der Waals surface area contributed by atoms with Gasteiger partial charge in [-0.25, -0.2) is 0 Å². The fraction of sp³-hybridized carbons (Fsp3) is 0.929. The van der Waals surface area contributed by atoms with E-state index in [4.69, 9.17) is 4.74 Å². The lowest BCUT2D eigenvalue weighted by Crippen LogP contribution is -2.18. The van der Waals surface area contributed by atoms with Gasteiger partial charge in [-0.1, -0.05) is 53.4 Å². The average molecular weight is 228 g/mol. The number of hydrogen-bond donors (Lipinski definition) is 0. The molecule has 0 aromatic rings. The third kappa shape index (κ3) is 7.72. The molecule has 0 saturated carbocycles. The van der Waals surface area contributed by atoms with E-state index in [-0.39, 0.29) is 11.9 Å². The molecular weight excluding hydrogens is 200 g/mol. The third-order valence-corrected chi connectivity index (χ3v) is 2.86. The largest absolute Gasteiger partial charge is 0.465 e. The van der Waals surface area contributed by atoms with Crippen molar-refractivity contribution in [3.05, 3.63) is 0 Å². The molecule has 0 N–H and O–H groups in total. The fourth-order valence-corrected chi connectivity index (χ4v) is 1.66. The van der Waals surface area contributed by atoms with Crippen LogP contribution in [0.3, 0.4) is 0 Å². The zero-order valence-electron chi connectivity index (χ0n) is 11.4. The molecule has 2 nitrogen and oxygen atoms in total. The third-order valence-electron chi connectivity index (χ3n) is 2.86. The van der Waals surface area contributed by atoms with Crippen molar-refractivity contribution in [1.29, 1.82) is 0 Å². The van der Waals surface area contributed by atoms with Crippen molar-refractivity contribution in [3.8, 4) is 0 Å². The molecule has 0 radical (unpaired) electrons. The van der Waals surface area contributed by atoms with Gasteiger partial charge in [0.1, 0.15) is 0 Å². The van der Waals surface area contributed by atoms with E-state index >= 15 is 0 Å². The van der Waals surface area contributed by atoms with E-state index in [9.17, 15) is 4.79 Å². The van der Waals surface area contributed by atoms with Crippen molar-refractivity contribution in [2.45, 2.75) is 66.2 Å². The van der Waals surface area contributed by atoms with Crippen LogP contribution in [0.25, 0.3) is 0 Å². The lowest BCUT2D eigenvalue weighted by Gasteiger charge is -2.17. The lowest BCUT2D eigenvalue weighted by atomic mass is 9.97. The number of rotatable bonds is 9. The maximum atomic E-state index is 11.4. The van der Waals surface area contributed by atoms with Crippen molar-refractivity contribution >= 4 is 5.97 Å². The van der Waals surface area contributed by atoms with Crippen LogP contribution in [0.5, 0.6) is 0 Å². The summed E-state index contributed by atoms with van der Waals surface area (Å²) in [4.78, 5) is 11.4. The maximum Gasteiger partial charge on any atom is 0.308 e. The normalized spacial score (nSPS) is 11.1. The van der Waals surface area contributed by atoms with Crippen molar-refractivity contribution in [2.24, 2.45) is 11.8 Å². The maximum absolute atomic E-state index is 11.4. The van der Waals surface area contributed by atoms with E-state index < -0.39 is 0 Å². The van der Waals surface area contributed by atoms with Gasteiger partial charge in [-0.2, -0.15) is 0 Å². The predicted octanol–water partition coefficient (Wildman–Crippen LogP) is 4.18. The predicted molar refractivity (Wildman–Crippen MR) is 68.3 cm³/mol. The second-order valence-corrected chi connectivity index (χ2v) is 4.94. The van der Waals surface area contributed by atoms with Crippen molar-refractivity contribution in [3.63, 3.8) is 0 Å². The Kier molecular flexibility index (Phi) is 9.36. The highest BCUT2D eigenvalue weighted by molar-refractivity contribution is 5.71. The minimum absolute atomic E-state index is 0.00185. The molecule has 0 aliphatic rings. The van der Waals surface area contributed by atoms with Crippen LogP contribution in [0.15, 0.2) is 0 Å². The molecule has 96 valence electrons. The molecule has 0 bridgehead atoms. The molecule has 0 aliphatic heterocycles. The van der Waals surface area contributed by atoms with Gasteiger partial charge in [-0.3, -0.25) is 4.79 Å². The second kappa shape index (κ2) is 9.68. The first-order chi connectivity index (χ1) is 7.61. The number of unbranched alkanes of at least 4 members (excludes halogenated alkanes) is 2. The summed E-state index contributed by atoms with van der Waals surface area (Å²) in [5.74, 6) is 0.513. The number of ether oxygens (including phenoxy) is 1. The topological polar surface area (TPSA) is 26.3 Å². The van der Waals surface area contributed by atoms with E-state index in [0.29, 0.717) is 12.5 Å². The first kappa shape index (κ1) is 15.5. The van der Waals surface area contributed by atoms with Crippen LogP contribution in [0.1, 0.15) is 66.2 Å². The second-order valence-electron chi connectivity index (χ2n) is 4.94. The van der Waals surface area contributed by atoms with E-state index in [1.54, 1.807) is 0 Å². The number of carbonyl (C=O) groups excluding carboxylic acids is 1. The zero-order chi connectivity index (χ0) is 12.4. The molecule has 0 heterocycles. The smallest absolute Gasteiger partial charge is 0.308 e. The quantitative estimate of drug-likeness (QED) is 0.553. The molecule has 0 fully saturated rings. The Balaban J connectivity index is 3.85. The summed E-state index contributed by atoms with van der Waals surface area (Å²) in [5.41, 5.74) is 0. The van der Waals surface area contributed by atoms with Gasteiger partial charge >= 0.3 is 5.97 Å². The minimum Gasteiger partial charge on any atom is -0.465 e. The van der Waals surface area contributed by atoms with Crippen LogP contribution in [-0.4, -0.2) is 12.6 Å². The van der Waals surface area contributed by atoms with E-state index in [0.717, 1.165) is 0 Å². The molecule has 0 spiro atoms. The zero-order valence-corrected chi connectivity index (χ0v) is 11.4. The Hall–Kier alpha value is -0.530. The molecule has 2 heteroatoms. The van der Waals surface area contributed by atoms with Gasteiger partial charge in [0, 0.05) is 0 Å². The summed E-state index contributed by atoms with van der Waals surface area (Å²) in [6.07, 6.45) is 7.33. The Bertz CT molecular complexity index is 168. The van der Waals surface area contributed by atoms with Gasteiger partial charge in [0.2, 0.25) is 0 Å². The monoisotopic (exact) mass is 228 g/mol. The molecule has 0 amide bonds. The summed E-state index contributed by atoms with van der Waals surface area (Å²) in [6.45, 7) is 8.80.